The van der Waals surface area contributed by atoms with E-state index >= 15 is 0 Å². The average Bonchev–Trinajstić information content (AvgIpc) is 2.40. The first-order valence-electron chi connectivity index (χ1n) is 7.15. The van der Waals surface area contributed by atoms with Crippen molar-refractivity contribution in [2.24, 2.45) is 11.8 Å². The molecule has 0 amide bonds. The molecular formula is C14H25NO2. The summed E-state index contributed by atoms with van der Waals surface area (Å²) in [6, 6.07) is 0. The van der Waals surface area contributed by atoms with Crippen molar-refractivity contribution < 1.29 is 9.90 Å². The van der Waals surface area contributed by atoms with Crippen LogP contribution in [-0.4, -0.2) is 42.0 Å². The summed E-state index contributed by atoms with van der Waals surface area (Å²) in [5.41, 5.74) is 0. The first kappa shape index (κ1) is 13.0. The Balaban J connectivity index is 1.77. The third-order valence-corrected chi connectivity index (χ3v) is 4.30. The lowest BCUT2D eigenvalue weighted by atomic mass is 9.86. The van der Waals surface area contributed by atoms with Gasteiger partial charge in [-0.05, 0) is 38.1 Å². The van der Waals surface area contributed by atoms with Gasteiger partial charge >= 0.3 is 0 Å². The Bertz CT molecular complexity index is 249. The molecule has 3 nitrogen and oxygen atoms in total. The van der Waals surface area contributed by atoms with E-state index in [9.17, 15) is 9.90 Å². The molecule has 1 aliphatic heterocycles. The van der Waals surface area contributed by atoms with Crippen LogP contribution in [-0.2, 0) is 4.79 Å². The summed E-state index contributed by atoms with van der Waals surface area (Å²) in [6.07, 6.45) is 8.23. The number of nitrogens with zero attached hydrogens (tertiary/aromatic N) is 1. The highest BCUT2D eigenvalue weighted by Crippen LogP contribution is 2.25. The van der Waals surface area contributed by atoms with Gasteiger partial charge in [-0.1, -0.05) is 19.3 Å². The topological polar surface area (TPSA) is 40.5 Å². The number of Topliss-reactive ketones (excluding diaryl/α,β-unsaturated/α-hetero) is 1. The Morgan fingerprint density at radius 3 is 2.59 bits per heavy atom. The highest BCUT2D eigenvalue weighted by atomic mass is 16.3. The number of rotatable bonds is 4. The lowest BCUT2D eigenvalue weighted by molar-refractivity contribution is -0.125. The molecule has 2 rings (SSSR count). The number of likely N-dealkylation sites (tertiary alicyclic amines) is 1. The fourth-order valence-electron chi connectivity index (χ4n) is 3.22. The Kier molecular flexibility index (Phi) is 4.99. The van der Waals surface area contributed by atoms with Gasteiger partial charge in [-0.25, -0.2) is 0 Å². The fraction of sp³-hybridized carbons (Fsp3) is 0.929. The van der Waals surface area contributed by atoms with Gasteiger partial charge < -0.3 is 5.11 Å². The summed E-state index contributed by atoms with van der Waals surface area (Å²) >= 11 is 0. The molecule has 1 heterocycles. The summed E-state index contributed by atoms with van der Waals surface area (Å²) in [5.74, 6) is 1.17. The van der Waals surface area contributed by atoms with E-state index in [-0.39, 0.29) is 6.61 Å². The van der Waals surface area contributed by atoms with E-state index in [1.807, 2.05) is 0 Å². The molecule has 1 aliphatic carbocycles. The van der Waals surface area contributed by atoms with E-state index in [2.05, 4.69) is 4.90 Å². The third kappa shape index (κ3) is 3.78. The second-order valence-corrected chi connectivity index (χ2v) is 5.73. The summed E-state index contributed by atoms with van der Waals surface area (Å²) in [6.45, 7) is 2.85. The van der Waals surface area contributed by atoms with Gasteiger partial charge in [0.25, 0.3) is 0 Å². The van der Waals surface area contributed by atoms with Crippen molar-refractivity contribution in [2.45, 2.75) is 44.9 Å². The normalized spacial score (nSPS) is 28.2. The van der Waals surface area contributed by atoms with Crippen LogP contribution in [0.5, 0.6) is 0 Å². The number of piperidine rings is 1. The number of carbonyl (C=O) groups excluding carboxylic acids is 1. The van der Waals surface area contributed by atoms with Gasteiger partial charge in [0.1, 0.15) is 5.78 Å². The lowest BCUT2D eigenvalue weighted by Crippen LogP contribution is -2.41. The predicted molar refractivity (Wildman–Crippen MR) is 67.8 cm³/mol. The standard InChI is InChI=1S/C14H25NO2/c16-11-12-5-4-8-15(9-12)10-14(17)13-6-2-1-3-7-13/h12-13,16H,1-11H2. The molecule has 3 heteroatoms. The van der Waals surface area contributed by atoms with Crippen molar-refractivity contribution in [3.05, 3.63) is 0 Å². The smallest absolute Gasteiger partial charge is 0.149 e. The molecule has 0 spiro atoms. The highest BCUT2D eigenvalue weighted by Gasteiger charge is 2.25. The zero-order chi connectivity index (χ0) is 12.1. The van der Waals surface area contributed by atoms with Crippen molar-refractivity contribution in [2.75, 3.05) is 26.2 Å². The molecule has 2 fully saturated rings. The molecule has 98 valence electrons. The Hall–Kier alpha value is -0.410. The summed E-state index contributed by atoms with van der Waals surface area (Å²) in [5, 5.41) is 9.18. The fourth-order valence-corrected chi connectivity index (χ4v) is 3.22. The monoisotopic (exact) mass is 239 g/mol. The summed E-state index contributed by atoms with van der Waals surface area (Å²) < 4.78 is 0. The minimum Gasteiger partial charge on any atom is -0.396 e. The van der Waals surface area contributed by atoms with Crippen molar-refractivity contribution in [3.63, 3.8) is 0 Å². The van der Waals surface area contributed by atoms with Crippen LogP contribution in [0, 0.1) is 11.8 Å². The van der Waals surface area contributed by atoms with Crippen LogP contribution in [0.15, 0.2) is 0 Å². The second-order valence-electron chi connectivity index (χ2n) is 5.73. The van der Waals surface area contributed by atoms with E-state index in [0.717, 1.165) is 38.8 Å². The van der Waals surface area contributed by atoms with Gasteiger partial charge in [-0.3, -0.25) is 9.69 Å². The Labute approximate surface area is 104 Å². The van der Waals surface area contributed by atoms with E-state index in [4.69, 9.17) is 0 Å². The number of ketones is 1. The van der Waals surface area contributed by atoms with E-state index in [1.165, 1.54) is 19.3 Å². The van der Waals surface area contributed by atoms with Crippen LogP contribution < -0.4 is 0 Å². The van der Waals surface area contributed by atoms with E-state index in [1.54, 1.807) is 0 Å². The van der Waals surface area contributed by atoms with Crippen LogP contribution in [0.25, 0.3) is 0 Å². The van der Waals surface area contributed by atoms with Crippen LogP contribution in [0.2, 0.25) is 0 Å². The van der Waals surface area contributed by atoms with Gasteiger partial charge in [0, 0.05) is 19.1 Å². The minimum absolute atomic E-state index is 0.272. The average molecular weight is 239 g/mol. The minimum atomic E-state index is 0.272. The van der Waals surface area contributed by atoms with Crippen LogP contribution in [0.1, 0.15) is 44.9 Å². The molecule has 1 atom stereocenters. The zero-order valence-electron chi connectivity index (χ0n) is 10.7. The van der Waals surface area contributed by atoms with E-state index < -0.39 is 0 Å². The lowest BCUT2D eigenvalue weighted by Gasteiger charge is -2.32. The molecule has 17 heavy (non-hydrogen) atoms. The maximum Gasteiger partial charge on any atom is 0.149 e. The van der Waals surface area contributed by atoms with Gasteiger partial charge in [0.2, 0.25) is 0 Å². The molecule has 0 radical (unpaired) electrons. The van der Waals surface area contributed by atoms with Crippen LogP contribution in [0.4, 0.5) is 0 Å². The molecule has 1 saturated heterocycles. The van der Waals surface area contributed by atoms with Crippen molar-refractivity contribution in [3.8, 4) is 0 Å². The van der Waals surface area contributed by atoms with Gasteiger partial charge in [-0.2, -0.15) is 0 Å². The van der Waals surface area contributed by atoms with E-state index in [0.29, 0.717) is 24.2 Å². The van der Waals surface area contributed by atoms with Crippen molar-refractivity contribution in [1.29, 1.82) is 0 Å². The summed E-state index contributed by atoms with van der Waals surface area (Å²) in [4.78, 5) is 14.4. The van der Waals surface area contributed by atoms with Crippen LogP contribution in [0.3, 0.4) is 0 Å². The summed E-state index contributed by atoms with van der Waals surface area (Å²) in [7, 11) is 0. The zero-order valence-corrected chi connectivity index (χ0v) is 10.7. The molecule has 1 N–H and O–H groups in total. The molecule has 1 unspecified atom stereocenters. The highest BCUT2D eigenvalue weighted by molar-refractivity contribution is 5.83. The maximum absolute atomic E-state index is 12.2. The number of hydrogen-bond donors (Lipinski definition) is 1. The van der Waals surface area contributed by atoms with Gasteiger partial charge in [0.05, 0.1) is 6.54 Å². The third-order valence-electron chi connectivity index (χ3n) is 4.30. The first-order chi connectivity index (χ1) is 8.29. The quantitative estimate of drug-likeness (QED) is 0.814. The van der Waals surface area contributed by atoms with Gasteiger partial charge in [0.15, 0.2) is 0 Å². The molecular weight excluding hydrogens is 214 g/mol. The molecule has 0 aromatic carbocycles. The predicted octanol–water partition coefficient (Wildman–Crippen LogP) is 1.84. The van der Waals surface area contributed by atoms with Gasteiger partial charge in [-0.15, -0.1) is 0 Å². The number of carbonyl (C=O) groups is 1. The van der Waals surface area contributed by atoms with Crippen LogP contribution >= 0.6 is 0 Å². The number of aliphatic hydroxyl groups excluding tert-OH is 1. The molecule has 1 saturated carbocycles. The first-order valence-corrected chi connectivity index (χ1v) is 7.15. The molecule has 2 aliphatic rings. The second kappa shape index (κ2) is 6.50. The Morgan fingerprint density at radius 1 is 1.12 bits per heavy atom. The molecule has 0 aromatic heterocycles. The largest absolute Gasteiger partial charge is 0.396 e. The van der Waals surface area contributed by atoms with Crippen molar-refractivity contribution >= 4 is 5.78 Å². The SMILES string of the molecule is O=C(CN1CCCC(CO)C1)C1CCCCC1. The maximum atomic E-state index is 12.2. The molecule has 0 bridgehead atoms. The Morgan fingerprint density at radius 2 is 1.88 bits per heavy atom. The molecule has 0 aromatic rings. The number of hydrogen-bond acceptors (Lipinski definition) is 3. The number of aliphatic hydroxyl groups is 1. The van der Waals surface area contributed by atoms with Crippen molar-refractivity contribution in [1.82, 2.24) is 4.90 Å².